The number of ether oxygens (including phenoxy) is 1. The lowest BCUT2D eigenvalue weighted by Crippen LogP contribution is -2.45. The molecule has 1 fully saturated rings. The molecule has 1 heterocycles. The Balaban J connectivity index is 2.36. The second-order valence-corrected chi connectivity index (χ2v) is 4.56. The van der Waals surface area contributed by atoms with E-state index in [2.05, 4.69) is 11.9 Å². The third-order valence-electron chi connectivity index (χ3n) is 2.97. The summed E-state index contributed by atoms with van der Waals surface area (Å²) in [5.41, 5.74) is 1.51. The third kappa shape index (κ3) is 2.49. The van der Waals surface area contributed by atoms with Crippen LogP contribution in [0, 0.1) is 0 Å². The summed E-state index contributed by atoms with van der Waals surface area (Å²) in [5, 5.41) is 2.69. The summed E-state index contributed by atoms with van der Waals surface area (Å²) in [7, 11) is 0. The van der Waals surface area contributed by atoms with Gasteiger partial charge in [-0.2, -0.15) is 0 Å². The standard InChI is InChI=1S/C14H17NO2/c1-11(2)10-14(8-9-15-13(16)17-14)12-6-4-3-5-7-12/h3-7H,1,8-10H2,2H3,(H,15,16)/t14-/m0/s1. The Morgan fingerprint density at radius 3 is 2.76 bits per heavy atom. The fourth-order valence-electron chi connectivity index (χ4n) is 2.29. The van der Waals surface area contributed by atoms with Gasteiger partial charge in [0.1, 0.15) is 5.60 Å². The Morgan fingerprint density at radius 1 is 1.47 bits per heavy atom. The highest BCUT2D eigenvalue weighted by atomic mass is 16.6. The van der Waals surface area contributed by atoms with Gasteiger partial charge < -0.3 is 10.1 Å². The Bertz CT molecular complexity index is 423. The van der Waals surface area contributed by atoms with E-state index < -0.39 is 5.60 Å². The van der Waals surface area contributed by atoms with Gasteiger partial charge in [-0.05, 0) is 12.5 Å². The number of cyclic esters (lactones) is 1. The minimum absolute atomic E-state index is 0.346. The zero-order valence-corrected chi connectivity index (χ0v) is 10.0. The lowest BCUT2D eigenvalue weighted by Gasteiger charge is -2.37. The van der Waals surface area contributed by atoms with E-state index in [-0.39, 0.29) is 6.09 Å². The van der Waals surface area contributed by atoms with Crippen molar-refractivity contribution in [2.45, 2.75) is 25.4 Å². The average molecular weight is 231 g/mol. The number of alkyl carbamates (subject to hydrolysis) is 1. The highest BCUT2D eigenvalue weighted by Crippen LogP contribution is 2.37. The Morgan fingerprint density at radius 2 is 2.18 bits per heavy atom. The maximum absolute atomic E-state index is 11.5. The topological polar surface area (TPSA) is 38.3 Å². The summed E-state index contributed by atoms with van der Waals surface area (Å²) in [6.45, 7) is 6.53. The molecule has 17 heavy (non-hydrogen) atoms. The lowest BCUT2D eigenvalue weighted by molar-refractivity contribution is -0.0168. The Kier molecular flexibility index (Phi) is 3.18. The van der Waals surface area contributed by atoms with E-state index >= 15 is 0 Å². The van der Waals surface area contributed by atoms with E-state index in [0.29, 0.717) is 13.0 Å². The molecule has 0 saturated carbocycles. The highest BCUT2D eigenvalue weighted by molar-refractivity contribution is 5.69. The molecule has 0 unspecified atom stereocenters. The molecule has 3 heteroatoms. The number of nitrogens with one attached hydrogen (secondary N) is 1. The summed E-state index contributed by atoms with van der Waals surface area (Å²) >= 11 is 0. The van der Waals surface area contributed by atoms with Crippen molar-refractivity contribution >= 4 is 6.09 Å². The van der Waals surface area contributed by atoms with E-state index in [1.54, 1.807) is 0 Å². The third-order valence-corrected chi connectivity index (χ3v) is 2.97. The summed E-state index contributed by atoms with van der Waals surface area (Å²) in [4.78, 5) is 11.5. The average Bonchev–Trinajstić information content (AvgIpc) is 2.29. The van der Waals surface area contributed by atoms with Crippen LogP contribution in [0.2, 0.25) is 0 Å². The first kappa shape index (κ1) is 11.7. The van der Waals surface area contributed by atoms with Crippen molar-refractivity contribution in [3.05, 3.63) is 48.0 Å². The molecular formula is C14H17NO2. The largest absolute Gasteiger partial charge is 0.438 e. The molecule has 0 bridgehead atoms. The van der Waals surface area contributed by atoms with Crippen LogP contribution in [0.15, 0.2) is 42.5 Å². The van der Waals surface area contributed by atoms with E-state index in [1.807, 2.05) is 37.3 Å². The summed E-state index contributed by atoms with van der Waals surface area (Å²) in [5.74, 6) is 0. The number of rotatable bonds is 3. The van der Waals surface area contributed by atoms with Crippen LogP contribution >= 0.6 is 0 Å². The number of hydrogen-bond donors (Lipinski definition) is 1. The first-order valence-electron chi connectivity index (χ1n) is 5.79. The van der Waals surface area contributed by atoms with Gasteiger partial charge in [-0.1, -0.05) is 42.5 Å². The molecule has 0 aromatic heterocycles. The van der Waals surface area contributed by atoms with Crippen LogP contribution in [0.3, 0.4) is 0 Å². The Labute approximate surface area is 101 Å². The summed E-state index contributed by atoms with van der Waals surface area (Å²) in [6, 6.07) is 9.89. The Hall–Kier alpha value is -1.77. The van der Waals surface area contributed by atoms with Crippen LogP contribution < -0.4 is 5.32 Å². The smallest absolute Gasteiger partial charge is 0.408 e. The fraction of sp³-hybridized carbons (Fsp3) is 0.357. The number of benzene rings is 1. The van der Waals surface area contributed by atoms with Gasteiger partial charge in [0.15, 0.2) is 0 Å². The molecule has 1 aliphatic rings. The van der Waals surface area contributed by atoms with Gasteiger partial charge in [0.2, 0.25) is 0 Å². The van der Waals surface area contributed by atoms with Gasteiger partial charge >= 0.3 is 6.09 Å². The molecule has 1 aromatic rings. The van der Waals surface area contributed by atoms with E-state index in [9.17, 15) is 4.79 Å². The van der Waals surface area contributed by atoms with Crippen molar-refractivity contribution in [3.63, 3.8) is 0 Å². The molecule has 1 aromatic carbocycles. The van der Waals surface area contributed by atoms with Crippen molar-refractivity contribution in [3.8, 4) is 0 Å². The first-order chi connectivity index (χ1) is 8.12. The monoisotopic (exact) mass is 231 g/mol. The van der Waals surface area contributed by atoms with Crippen molar-refractivity contribution in [2.75, 3.05) is 6.54 Å². The molecule has 3 nitrogen and oxygen atoms in total. The zero-order valence-electron chi connectivity index (χ0n) is 10.0. The minimum atomic E-state index is -0.546. The fourth-order valence-corrected chi connectivity index (χ4v) is 2.29. The molecule has 2 rings (SSSR count). The predicted molar refractivity (Wildman–Crippen MR) is 66.7 cm³/mol. The van der Waals surface area contributed by atoms with Crippen molar-refractivity contribution in [1.82, 2.24) is 5.32 Å². The predicted octanol–water partition coefficient (Wildman–Crippen LogP) is 2.98. The summed E-state index contributed by atoms with van der Waals surface area (Å²) < 4.78 is 5.56. The van der Waals surface area contributed by atoms with Crippen LogP contribution in [0.1, 0.15) is 25.3 Å². The molecule has 0 aliphatic carbocycles. The van der Waals surface area contributed by atoms with Gasteiger partial charge in [0, 0.05) is 19.4 Å². The van der Waals surface area contributed by atoms with Crippen LogP contribution in [-0.2, 0) is 10.3 Å². The van der Waals surface area contributed by atoms with Crippen LogP contribution in [0.4, 0.5) is 4.79 Å². The first-order valence-corrected chi connectivity index (χ1v) is 5.79. The maximum atomic E-state index is 11.5. The molecule has 1 saturated heterocycles. The number of amides is 1. The quantitative estimate of drug-likeness (QED) is 0.812. The molecule has 1 N–H and O–H groups in total. The van der Waals surface area contributed by atoms with Gasteiger partial charge in [0.25, 0.3) is 0 Å². The van der Waals surface area contributed by atoms with Crippen molar-refractivity contribution in [2.24, 2.45) is 0 Å². The maximum Gasteiger partial charge on any atom is 0.408 e. The van der Waals surface area contributed by atoms with E-state index in [1.165, 1.54) is 0 Å². The SMILES string of the molecule is C=C(C)C[C@]1(c2ccccc2)CCNC(=O)O1. The molecular weight excluding hydrogens is 214 g/mol. The summed E-state index contributed by atoms with van der Waals surface area (Å²) in [6.07, 6.45) is 1.10. The number of carbonyl (C=O) groups excluding carboxylic acids is 1. The van der Waals surface area contributed by atoms with Gasteiger partial charge in [-0.15, -0.1) is 0 Å². The minimum Gasteiger partial charge on any atom is -0.438 e. The molecule has 0 radical (unpaired) electrons. The second kappa shape index (κ2) is 4.62. The number of carbonyl (C=O) groups is 1. The van der Waals surface area contributed by atoms with Crippen LogP contribution in [0.25, 0.3) is 0 Å². The van der Waals surface area contributed by atoms with Crippen LogP contribution in [-0.4, -0.2) is 12.6 Å². The molecule has 1 amide bonds. The lowest BCUT2D eigenvalue weighted by atomic mass is 9.84. The zero-order chi connectivity index (χ0) is 12.3. The molecule has 1 aliphatic heterocycles. The van der Waals surface area contributed by atoms with Crippen molar-refractivity contribution < 1.29 is 9.53 Å². The highest BCUT2D eigenvalue weighted by Gasteiger charge is 2.38. The van der Waals surface area contributed by atoms with Gasteiger partial charge in [0.05, 0.1) is 0 Å². The molecule has 90 valence electrons. The molecule has 1 atom stereocenters. The normalized spacial score (nSPS) is 23.7. The van der Waals surface area contributed by atoms with Crippen LogP contribution in [0.5, 0.6) is 0 Å². The van der Waals surface area contributed by atoms with E-state index in [0.717, 1.165) is 17.6 Å². The second-order valence-electron chi connectivity index (χ2n) is 4.56. The number of hydrogen-bond acceptors (Lipinski definition) is 2. The molecule has 0 spiro atoms. The van der Waals surface area contributed by atoms with E-state index in [4.69, 9.17) is 4.74 Å². The van der Waals surface area contributed by atoms with Gasteiger partial charge in [-0.3, -0.25) is 0 Å². The van der Waals surface area contributed by atoms with Gasteiger partial charge in [-0.25, -0.2) is 4.79 Å². The van der Waals surface area contributed by atoms with Crippen molar-refractivity contribution in [1.29, 1.82) is 0 Å².